The van der Waals surface area contributed by atoms with Gasteiger partial charge in [-0.3, -0.25) is 4.57 Å². The van der Waals surface area contributed by atoms with Crippen molar-refractivity contribution in [3.8, 4) is 34.1 Å². The Labute approximate surface area is 366 Å². The summed E-state index contributed by atoms with van der Waals surface area (Å²) in [7, 11) is 2.15. The smallest absolute Gasteiger partial charge is 0.139 e. The fourth-order valence-corrected chi connectivity index (χ4v) is 9.65. The quantitative estimate of drug-likeness (QED) is 0.168. The molecule has 0 fully saturated rings. The van der Waals surface area contributed by atoms with Gasteiger partial charge in [-0.1, -0.05) is 112 Å². The van der Waals surface area contributed by atoms with E-state index >= 15 is 0 Å². The van der Waals surface area contributed by atoms with Crippen LogP contribution in [0.4, 0.5) is 17.1 Å². The average molecular weight is 816 g/mol. The molecule has 0 atom stereocenters. The summed E-state index contributed by atoms with van der Waals surface area (Å²) < 4.78 is 11.7. The van der Waals surface area contributed by atoms with Crippen LogP contribution in [0.3, 0.4) is 0 Å². The second kappa shape index (κ2) is 14.1. The van der Waals surface area contributed by atoms with E-state index in [2.05, 4.69) is 235 Å². The Hall–Kier alpha value is -7.83. The molecule has 3 aromatic heterocycles. The molecule has 0 bridgehead atoms. The van der Waals surface area contributed by atoms with Crippen LogP contribution in [-0.2, 0) is 5.41 Å². The summed E-state index contributed by atoms with van der Waals surface area (Å²) in [6, 6.07) is 65.3. The van der Waals surface area contributed by atoms with Crippen molar-refractivity contribution in [2.75, 3.05) is 23.5 Å². The second-order valence-electron chi connectivity index (χ2n) is 17.9. The number of fused-ring (bicyclic) bond motifs is 8. The van der Waals surface area contributed by atoms with E-state index in [4.69, 9.17) is 9.72 Å². The molecule has 8 aromatic carbocycles. The van der Waals surface area contributed by atoms with Gasteiger partial charge in [-0.25, -0.2) is 4.98 Å². The minimum atomic E-state index is -0.0919. The SMILES string of the molecule is CN1CN(c2cc(Oc3ccc4c5cc(-c6ccccc6)ccc5n(-c5cc6c(cn5)c5cc7ccccc7cc5n6-c5ccccc5)c4c3)cc(C(C)(C)C)c2)c2ccccc21. The van der Waals surface area contributed by atoms with Crippen molar-refractivity contribution in [3.05, 3.63) is 194 Å². The number of para-hydroxylation sites is 3. The number of pyridine rings is 1. The average Bonchev–Trinajstić information content (AvgIpc) is 3.94. The summed E-state index contributed by atoms with van der Waals surface area (Å²) in [6.45, 7) is 7.55. The first-order valence-electron chi connectivity index (χ1n) is 21.7. The van der Waals surface area contributed by atoms with Crippen LogP contribution in [0.1, 0.15) is 26.3 Å². The number of hydrogen-bond donors (Lipinski definition) is 0. The minimum absolute atomic E-state index is 0.0919. The molecule has 0 N–H and O–H groups in total. The highest BCUT2D eigenvalue weighted by molar-refractivity contribution is 6.14. The van der Waals surface area contributed by atoms with E-state index in [9.17, 15) is 0 Å². The molecule has 0 radical (unpaired) electrons. The van der Waals surface area contributed by atoms with E-state index < -0.39 is 0 Å². The van der Waals surface area contributed by atoms with E-state index in [1.807, 2.05) is 0 Å². The Morgan fingerprint density at radius 1 is 0.476 bits per heavy atom. The lowest BCUT2D eigenvalue weighted by Gasteiger charge is -2.25. The molecular formula is C57H45N5O. The molecule has 0 amide bonds. The van der Waals surface area contributed by atoms with Crippen LogP contribution in [-0.4, -0.2) is 27.8 Å². The highest BCUT2D eigenvalue weighted by Gasteiger charge is 2.27. The van der Waals surface area contributed by atoms with Crippen LogP contribution in [0.25, 0.3) is 77.0 Å². The van der Waals surface area contributed by atoms with Crippen molar-refractivity contribution >= 4 is 71.4 Å². The highest BCUT2D eigenvalue weighted by atomic mass is 16.5. The van der Waals surface area contributed by atoms with Crippen LogP contribution in [0.15, 0.2) is 188 Å². The maximum absolute atomic E-state index is 6.96. The lowest BCUT2D eigenvalue weighted by atomic mass is 9.86. The Kier molecular flexibility index (Phi) is 8.28. The fourth-order valence-electron chi connectivity index (χ4n) is 9.65. The number of hydrogen-bond acceptors (Lipinski definition) is 4. The van der Waals surface area contributed by atoms with Gasteiger partial charge >= 0.3 is 0 Å². The molecule has 4 heterocycles. The third kappa shape index (κ3) is 6.12. The molecule has 1 aliphatic heterocycles. The molecule has 0 saturated heterocycles. The molecule has 6 nitrogen and oxygen atoms in total. The third-order valence-corrected chi connectivity index (χ3v) is 12.8. The summed E-state index contributed by atoms with van der Waals surface area (Å²) in [5.41, 5.74) is 12.5. The van der Waals surface area contributed by atoms with E-state index in [1.54, 1.807) is 0 Å². The Bertz CT molecular complexity index is 3580. The van der Waals surface area contributed by atoms with Gasteiger partial charge in [-0.05, 0) is 106 Å². The zero-order chi connectivity index (χ0) is 42.4. The van der Waals surface area contributed by atoms with Crippen LogP contribution >= 0.6 is 0 Å². The van der Waals surface area contributed by atoms with Crippen molar-refractivity contribution < 1.29 is 4.74 Å². The standard InChI is InChI=1S/C57H45N5O/c1-57(2,3)41-30-43(60-36-59(4)51-21-13-14-22-52(51)60)32-45(31-41)63-44-24-25-46-47-28-40(37-15-7-5-8-16-37)23-26-50(47)62(54(46)33-44)56-34-55-49(35-58-56)48-27-38-17-11-12-18-39(38)29-53(48)61(55)42-19-9-6-10-20-42/h5-35H,36H2,1-4H3. The predicted molar refractivity (Wildman–Crippen MR) is 263 cm³/mol. The molecule has 11 aromatic rings. The summed E-state index contributed by atoms with van der Waals surface area (Å²) in [5.74, 6) is 2.40. The number of aromatic nitrogens is 3. The summed E-state index contributed by atoms with van der Waals surface area (Å²) in [5, 5.41) is 7.00. The van der Waals surface area contributed by atoms with Crippen molar-refractivity contribution in [1.29, 1.82) is 0 Å². The highest BCUT2D eigenvalue weighted by Crippen LogP contribution is 2.44. The number of benzene rings is 8. The number of rotatable bonds is 6. The molecule has 6 heteroatoms. The van der Waals surface area contributed by atoms with Crippen LogP contribution in [0.5, 0.6) is 11.5 Å². The molecular weight excluding hydrogens is 771 g/mol. The van der Waals surface area contributed by atoms with E-state index in [1.165, 1.54) is 44.2 Å². The number of nitrogens with zero attached hydrogens (tertiary/aromatic N) is 5. The first-order valence-corrected chi connectivity index (χ1v) is 21.7. The largest absolute Gasteiger partial charge is 0.457 e. The Morgan fingerprint density at radius 3 is 1.95 bits per heavy atom. The van der Waals surface area contributed by atoms with Crippen LogP contribution < -0.4 is 14.5 Å². The first kappa shape index (κ1) is 37.0. The molecule has 1 aliphatic rings. The Balaban J connectivity index is 1.06. The van der Waals surface area contributed by atoms with E-state index in [0.29, 0.717) is 0 Å². The lowest BCUT2D eigenvalue weighted by Crippen LogP contribution is -2.24. The summed E-state index contributed by atoms with van der Waals surface area (Å²) >= 11 is 0. The Morgan fingerprint density at radius 2 is 1.16 bits per heavy atom. The first-order chi connectivity index (χ1) is 30.7. The van der Waals surface area contributed by atoms with Gasteiger partial charge in [0.1, 0.15) is 17.3 Å². The van der Waals surface area contributed by atoms with Crippen molar-refractivity contribution in [2.45, 2.75) is 26.2 Å². The van der Waals surface area contributed by atoms with Crippen molar-refractivity contribution in [3.63, 3.8) is 0 Å². The van der Waals surface area contributed by atoms with E-state index in [-0.39, 0.29) is 5.41 Å². The van der Waals surface area contributed by atoms with Gasteiger partial charge in [-0.15, -0.1) is 0 Å². The maximum atomic E-state index is 6.96. The van der Waals surface area contributed by atoms with Gasteiger partial charge in [-0.2, -0.15) is 0 Å². The molecule has 0 saturated carbocycles. The zero-order valence-electron chi connectivity index (χ0n) is 35.7. The van der Waals surface area contributed by atoms with Crippen molar-refractivity contribution in [1.82, 2.24) is 14.1 Å². The zero-order valence-corrected chi connectivity index (χ0v) is 35.7. The van der Waals surface area contributed by atoms with Crippen LogP contribution in [0, 0.1) is 0 Å². The minimum Gasteiger partial charge on any atom is -0.457 e. The van der Waals surface area contributed by atoms with Gasteiger partial charge in [0.25, 0.3) is 0 Å². The second-order valence-corrected chi connectivity index (χ2v) is 17.9. The topological polar surface area (TPSA) is 38.5 Å². The number of ether oxygens (including phenoxy) is 1. The fraction of sp³-hybridized carbons (Fsp3) is 0.105. The van der Waals surface area contributed by atoms with Crippen LogP contribution in [0.2, 0.25) is 0 Å². The summed E-state index contributed by atoms with van der Waals surface area (Å²) in [4.78, 5) is 9.97. The molecule has 63 heavy (non-hydrogen) atoms. The maximum Gasteiger partial charge on any atom is 0.139 e. The van der Waals surface area contributed by atoms with E-state index in [0.717, 1.165) is 73.6 Å². The predicted octanol–water partition coefficient (Wildman–Crippen LogP) is 14.7. The normalized spacial score (nSPS) is 13.0. The lowest BCUT2D eigenvalue weighted by molar-refractivity contribution is 0.479. The molecule has 304 valence electrons. The number of anilines is 3. The van der Waals surface area contributed by atoms with Gasteiger partial charge < -0.3 is 19.1 Å². The van der Waals surface area contributed by atoms with Crippen molar-refractivity contribution in [2.24, 2.45) is 0 Å². The molecule has 0 aliphatic carbocycles. The molecule has 0 unspecified atom stereocenters. The van der Waals surface area contributed by atoms with Gasteiger partial charge in [0.15, 0.2) is 0 Å². The van der Waals surface area contributed by atoms with Gasteiger partial charge in [0.2, 0.25) is 0 Å². The molecule has 12 rings (SSSR count). The van der Waals surface area contributed by atoms with Gasteiger partial charge in [0, 0.05) is 64.4 Å². The molecule has 0 spiro atoms. The third-order valence-electron chi connectivity index (χ3n) is 12.8. The summed E-state index contributed by atoms with van der Waals surface area (Å²) in [6.07, 6.45) is 2.06. The monoisotopic (exact) mass is 815 g/mol. The van der Waals surface area contributed by atoms with Gasteiger partial charge in [0.05, 0.1) is 40.1 Å².